The van der Waals surface area contributed by atoms with Crippen LogP contribution in [0, 0.1) is 0 Å². The topological polar surface area (TPSA) is 108 Å². The van der Waals surface area contributed by atoms with Gasteiger partial charge in [0.1, 0.15) is 19.8 Å². The summed E-state index contributed by atoms with van der Waals surface area (Å²) >= 11 is 0. The van der Waals surface area contributed by atoms with Crippen LogP contribution in [0.5, 0.6) is 0 Å². The van der Waals surface area contributed by atoms with Crippen LogP contribution in [0.2, 0.25) is 0 Å². The Labute approximate surface area is 370 Å². The number of unbranched alkanes of at least 4 members (excludes halogenated alkanes) is 25. The van der Waals surface area contributed by atoms with Gasteiger partial charge >= 0.3 is 19.8 Å². The smallest absolute Gasteiger partial charge is 0.462 e. The lowest BCUT2D eigenvalue weighted by molar-refractivity contribution is -0.870. The van der Waals surface area contributed by atoms with Gasteiger partial charge in [0.25, 0.3) is 0 Å². The molecule has 0 heterocycles. The van der Waals surface area contributed by atoms with Gasteiger partial charge in [0.2, 0.25) is 0 Å². The minimum absolute atomic E-state index is 0.0304. The van der Waals surface area contributed by atoms with Crippen molar-refractivity contribution in [3.63, 3.8) is 0 Å². The minimum Gasteiger partial charge on any atom is -0.462 e. The molecule has 2 atom stereocenters. The molecule has 9 nitrogen and oxygen atoms in total. The summed E-state index contributed by atoms with van der Waals surface area (Å²) in [5, 5.41) is 0. The summed E-state index contributed by atoms with van der Waals surface area (Å²) in [5.41, 5.74) is 0. The number of phosphoric ester groups is 1. The summed E-state index contributed by atoms with van der Waals surface area (Å²) in [6.07, 6.45) is 49.0. The minimum atomic E-state index is -4.38. The van der Waals surface area contributed by atoms with Crippen LogP contribution < -0.4 is 0 Å². The molecule has 0 fully saturated rings. The molecule has 0 saturated carbocycles. The highest BCUT2D eigenvalue weighted by Gasteiger charge is 2.27. The van der Waals surface area contributed by atoms with Gasteiger partial charge in [0.15, 0.2) is 6.10 Å². The van der Waals surface area contributed by atoms with E-state index < -0.39 is 26.5 Å². The number of ether oxygens (including phenoxy) is 2. The Bertz CT molecular complexity index is 1120. The molecule has 1 unspecified atom stereocenters. The van der Waals surface area contributed by atoms with Gasteiger partial charge in [0.05, 0.1) is 27.7 Å². The highest BCUT2D eigenvalue weighted by molar-refractivity contribution is 7.47. The summed E-state index contributed by atoms with van der Waals surface area (Å²) in [7, 11) is 1.47. The molecule has 0 aliphatic rings. The van der Waals surface area contributed by atoms with Crippen molar-refractivity contribution in [3.05, 3.63) is 36.5 Å². The molecule has 0 spiro atoms. The fourth-order valence-corrected chi connectivity index (χ4v) is 7.49. The third kappa shape index (κ3) is 45.7. The average molecular weight is 869 g/mol. The molecule has 0 radical (unpaired) electrons. The zero-order valence-corrected chi connectivity index (χ0v) is 40.6. The number of carbonyl (C=O) groups excluding carboxylic acids is 2. The van der Waals surface area contributed by atoms with E-state index in [1.807, 2.05) is 21.1 Å². The molecule has 60 heavy (non-hydrogen) atoms. The van der Waals surface area contributed by atoms with Gasteiger partial charge in [-0.05, 0) is 70.6 Å². The third-order valence-corrected chi connectivity index (χ3v) is 11.6. The average Bonchev–Trinajstić information content (AvgIpc) is 3.20. The predicted octanol–water partition coefficient (Wildman–Crippen LogP) is 14.5. The van der Waals surface area contributed by atoms with E-state index in [0.29, 0.717) is 17.4 Å². The first-order valence-electron chi connectivity index (χ1n) is 24.7. The number of nitrogens with zero attached hydrogens (tertiary/aromatic N) is 1. The molecule has 352 valence electrons. The summed E-state index contributed by atoms with van der Waals surface area (Å²) in [5.74, 6) is -0.803. The van der Waals surface area contributed by atoms with Crippen LogP contribution in [-0.2, 0) is 32.7 Å². The van der Waals surface area contributed by atoms with E-state index in [0.717, 1.165) is 51.4 Å². The molecule has 0 aliphatic heterocycles. The fraction of sp³-hybridized carbons (Fsp3) is 0.840. The quantitative estimate of drug-likeness (QED) is 0.0212. The summed E-state index contributed by atoms with van der Waals surface area (Å²) in [6, 6.07) is 0. The maximum Gasteiger partial charge on any atom is 0.472 e. The zero-order chi connectivity index (χ0) is 44.3. The molecular formula is C50H95NO8P+. The molecule has 0 aromatic rings. The van der Waals surface area contributed by atoms with Gasteiger partial charge < -0.3 is 18.9 Å². The van der Waals surface area contributed by atoms with Crippen LogP contribution in [0.1, 0.15) is 219 Å². The van der Waals surface area contributed by atoms with Gasteiger partial charge in [-0.15, -0.1) is 0 Å². The Hall–Kier alpha value is -1.77. The molecule has 0 saturated heterocycles. The van der Waals surface area contributed by atoms with Crippen LogP contribution in [0.4, 0.5) is 0 Å². The van der Waals surface area contributed by atoms with Gasteiger partial charge in [-0.1, -0.05) is 172 Å². The van der Waals surface area contributed by atoms with Crippen molar-refractivity contribution in [3.8, 4) is 0 Å². The molecule has 10 heteroatoms. The van der Waals surface area contributed by atoms with Crippen molar-refractivity contribution in [2.75, 3.05) is 47.5 Å². The number of carbonyl (C=O) groups is 2. The number of hydrogen-bond donors (Lipinski definition) is 1. The maximum absolute atomic E-state index is 12.7. The normalized spacial score (nSPS) is 13.8. The summed E-state index contributed by atoms with van der Waals surface area (Å²) < 4.78 is 34.4. The predicted molar refractivity (Wildman–Crippen MR) is 252 cm³/mol. The SMILES string of the molecule is CCCCC/C=C/C/C=C/CCCCCCCCCCCC(=O)OC[C@H](COP(=O)(O)OCC[N+](C)(C)C)OC(=O)CCCCCCCCC/C=C/CCCCCCCC. The van der Waals surface area contributed by atoms with Crippen LogP contribution in [0.25, 0.3) is 0 Å². The summed E-state index contributed by atoms with van der Waals surface area (Å²) in [4.78, 5) is 35.5. The molecule has 0 aliphatic carbocycles. The van der Waals surface area contributed by atoms with Crippen LogP contribution in [0.3, 0.4) is 0 Å². The largest absolute Gasteiger partial charge is 0.472 e. The highest BCUT2D eigenvalue weighted by atomic mass is 31.2. The van der Waals surface area contributed by atoms with Crippen molar-refractivity contribution in [2.24, 2.45) is 0 Å². The second-order valence-corrected chi connectivity index (χ2v) is 19.3. The Balaban J connectivity index is 4.28. The monoisotopic (exact) mass is 869 g/mol. The number of quaternary nitrogens is 1. The van der Waals surface area contributed by atoms with Gasteiger partial charge in [-0.25, -0.2) is 4.57 Å². The first kappa shape index (κ1) is 58.2. The van der Waals surface area contributed by atoms with E-state index in [-0.39, 0.29) is 32.0 Å². The van der Waals surface area contributed by atoms with Crippen molar-refractivity contribution in [1.82, 2.24) is 0 Å². The number of allylic oxidation sites excluding steroid dienone is 6. The van der Waals surface area contributed by atoms with Crippen LogP contribution in [-0.4, -0.2) is 74.9 Å². The lowest BCUT2D eigenvalue weighted by Crippen LogP contribution is -2.37. The molecule has 1 N–H and O–H groups in total. The second kappa shape index (κ2) is 42.5. The Morgan fingerprint density at radius 2 is 0.900 bits per heavy atom. The van der Waals surface area contributed by atoms with Gasteiger partial charge in [0, 0.05) is 12.8 Å². The zero-order valence-electron chi connectivity index (χ0n) is 39.7. The van der Waals surface area contributed by atoms with Gasteiger partial charge in [-0.3, -0.25) is 18.6 Å². The van der Waals surface area contributed by atoms with Crippen LogP contribution in [0.15, 0.2) is 36.5 Å². The van der Waals surface area contributed by atoms with E-state index in [1.54, 1.807) is 0 Å². The molecule has 0 amide bonds. The van der Waals surface area contributed by atoms with E-state index in [4.69, 9.17) is 18.5 Å². The van der Waals surface area contributed by atoms with E-state index in [9.17, 15) is 19.0 Å². The standard InChI is InChI=1S/C50H94NO8P/c1-6-8-10-12-14-16-18-20-22-24-25-27-28-30-32-34-36-38-40-42-49(52)56-46-48(47-58-60(54,55)57-45-44-51(3,4)5)59-50(53)43-41-39-37-35-33-31-29-26-23-21-19-17-15-13-11-9-7-2/h14,16,20-23,48H,6-13,15,17-19,24-47H2,1-5H3/p+1/b16-14+,22-20+,23-21+/t48-/m1/s1. The lowest BCUT2D eigenvalue weighted by atomic mass is 10.1. The third-order valence-electron chi connectivity index (χ3n) is 10.6. The summed E-state index contributed by atoms with van der Waals surface area (Å²) in [6.45, 7) is 4.41. The molecular weight excluding hydrogens is 774 g/mol. The second-order valence-electron chi connectivity index (χ2n) is 17.8. The van der Waals surface area contributed by atoms with Crippen molar-refractivity contribution < 1.29 is 42.1 Å². The number of esters is 2. The fourth-order valence-electron chi connectivity index (χ4n) is 6.75. The van der Waals surface area contributed by atoms with Crippen molar-refractivity contribution >= 4 is 19.8 Å². The van der Waals surface area contributed by atoms with E-state index in [1.165, 1.54) is 135 Å². The van der Waals surface area contributed by atoms with E-state index in [2.05, 4.69) is 50.3 Å². The Morgan fingerprint density at radius 3 is 1.37 bits per heavy atom. The van der Waals surface area contributed by atoms with Gasteiger partial charge in [-0.2, -0.15) is 0 Å². The highest BCUT2D eigenvalue weighted by Crippen LogP contribution is 2.43. The van der Waals surface area contributed by atoms with Crippen LogP contribution >= 0.6 is 7.82 Å². The first-order valence-corrected chi connectivity index (χ1v) is 26.2. The number of hydrogen-bond acceptors (Lipinski definition) is 7. The molecule has 0 aromatic heterocycles. The number of likely N-dealkylation sites (N-methyl/N-ethyl adjacent to an activating group) is 1. The maximum atomic E-state index is 12.7. The Morgan fingerprint density at radius 1 is 0.517 bits per heavy atom. The first-order chi connectivity index (χ1) is 29.0. The lowest BCUT2D eigenvalue weighted by Gasteiger charge is -2.24. The molecule has 0 rings (SSSR count). The number of phosphoric acid groups is 1. The molecule has 0 aromatic carbocycles. The molecule has 0 bridgehead atoms. The number of rotatable bonds is 45. The Kier molecular flexibility index (Phi) is 41.3. The van der Waals surface area contributed by atoms with Crippen molar-refractivity contribution in [2.45, 2.75) is 225 Å². The van der Waals surface area contributed by atoms with E-state index >= 15 is 0 Å². The van der Waals surface area contributed by atoms with Crippen molar-refractivity contribution in [1.29, 1.82) is 0 Å².